The minimum atomic E-state index is -3.95. The Balaban J connectivity index is 1.46. The van der Waals surface area contributed by atoms with Gasteiger partial charge in [0, 0.05) is 29.3 Å². The van der Waals surface area contributed by atoms with Crippen LogP contribution in [-0.2, 0) is 10.0 Å². The molecule has 0 saturated carbocycles. The number of benzene rings is 3. The van der Waals surface area contributed by atoms with Crippen molar-refractivity contribution in [2.24, 2.45) is 0 Å². The van der Waals surface area contributed by atoms with Crippen molar-refractivity contribution in [3.8, 4) is 5.69 Å². The molecule has 1 heterocycles. The maximum atomic E-state index is 13.1. The van der Waals surface area contributed by atoms with E-state index < -0.39 is 21.7 Å². The van der Waals surface area contributed by atoms with Crippen LogP contribution in [0.3, 0.4) is 0 Å². The van der Waals surface area contributed by atoms with Crippen molar-refractivity contribution in [3.63, 3.8) is 0 Å². The van der Waals surface area contributed by atoms with Gasteiger partial charge in [-0.25, -0.2) is 17.8 Å². The fraction of sp³-hybridized carbons (Fsp3) is 0.0833. The Morgan fingerprint density at radius 3 is 2.42 bits per heavy atom. The molecule has 1 atom stereocenters. The lowest BCUT2D eigenvalue weighted by Crippen LogP contribution is -2.27. The number of amides is 1. The van der Waals surface area contributed by atoms with Crippen LogP contribution in [0.5, 0.6) is 0 Å². The van der Waals surface area contributed by atoms with E-state index in [9.17, 15) is 17.6 Å². The Morgan fingerprint density at radius 1 is 1.03 bits per heavy atom. The second kappa shape index (κ2) is 9.25. The number of rotatable bonds is 7. The molecule has 3 aromatic carbocycles. The fourth-order valence-corrected chi connectivity index (χ4v) is 4.35. The molecule has 0 aliphatic carbocycles. The van der Waals surface area contributed by atoms with E-state index >= 15 is 0 Å². The van der Waals surface area contributed by atoms with Crippen molar-refractivity contribution in [1.82, 2.24) is 14.9 Å². The van der Waals surface area contributed by atoms with Gasteiger partial charge in [0.25, 0.3) is 15.9 Å². The normalized spacial score (nSPS) is 12.2. The zero-order chi connectivity index (χ0) is 23.4. The van der Waals surface area contributed by atoms with Crippen LogP contribution in [0.25, 0.3) is 5.69 Å². The van der Waals surface area contributed by atoms with Gasteiger partial charge in [-0.2, -0.15) is 0 Å². The third-order valence-electron chi connectivity index (χ3n) is 5.05. The standard InChI is InChI=1S/C24H21FN4O3S/c1-17(18-5-11-22(12-6-18)29-14-13-26-16-29)27-24(30)19-3-2-4-23(15-19)33(31,32)28-21-9-7-20(25)8-10-21/h2-17,28H,1H3,(H,27,30). The maximum Gasteiger partial charge on any atom is 0.261 e. The lowest BCUT2D eigenvalue weighted by atomic mass is 10.1. The largest absolute Gasteiger partial charge is 0.346 e. The molecule has 0 spiro atoms. The molecule has 0 aliphatic rings. The van der Waals surface area contributed by atoms with E-state index in [0.29, 0.717) is 0 Å². The van der Waals surface area contributed by atoms with Crippen molar-refractivity contribution in [2.45, 2.75) is 17.9 Å². The second-order valence-electron chi connectivity index (χ2n) is 7.40. The first-order chi connectivity index (χ1) is 15.8. The molecule has 9 heteroatoms. The summed E-state index contributed by atoms with van der Waals surface area (Å²) in [6.07, 6.45) is 5.23. The highest BCUT2D eigenvalue weighted by Gasteiger charge is 2.18. The van der Waals surface area contributed by atoms with Crippen molar-refractivity contribution in [2.75, 3.05) is 4.72 Å². The number of anilines is 1. The SMILES string of the molecule is CC(NC(=O)c1cccc(S(=O)(=O)Nc2ccc(F)cc2)c1)c1ccc(-n2ccnc2)cc1. The number of aromatic nitrogens is 2. The highest BCUT2D eigenvalue weighted by molar-refractivity contribution is 7.92. The monoisotopic (exact) mass is 464 g/mol. The van der Waals surface area contributed by atoms with Crippen LogP contribution in [0.1, 0.15) is 28.9 Å². The lowest BCUT2D eigenvalue weighted by molar-refractivity contribution is 0.0939. The first kappa shape index (κ1) is 22.2. The summed E-state index contributed by atoms with van der Waals surface area (Å²) < 4.78 is 42.7. The summed E-state index contributed by atoms with van der Waals surface area (Å²) >= 11 is 0. The summed E-state index contributed by atoms with van der Waals surface area (Å²) in [6.45, 7) is 1.85. The fourth-order valence-electron chi connectivity index (χ4n) is 3.25. The quantitative estimate of drug-likeness (QED) is 0.426. The lowest BCUT2D eigenvalue weighted by Gasteiger charge is -2.16. The summed E-state index contributed by atoms with van der Waals surface area (Å²) in [5.41, 5.74) is 2.27. The van der Waals surface area contributed by atoms with Crippen molar-refractivity contribution >= 4 is 21.6 Å². The molecule has 0 fully saturated rings. The molecule has 0 aliphatic heterocycles. The van der Waals surface area contributed by atoms with Crippen LogP contribution < -0.4 is 10.0 Å². The van der Waals surface area contributed by atoms with E-state index in [4.69, 9.17) is 0 Å². The number of nitrogens with zero attached hydrogens (tertiary/aromatic N) is 2. The average molecular weight is 465 g/mol. The number of carbonyl (C=O) groups is 1. The van der Waals surface area contributed by atoms with Crippen molar-refractivity contribution < 1.29 is 17.6 Å². The molecule has 1 unspecified atom stereocenters. The average Bonchev–Trinajstić information content (AvgIpc) is 3.36. The number of imidazole rings is 1. The Labute approximate surface area is 191 Å². The summed E-state index contributed by atoms with van der Waals surface area (Å²) in [5.74, 6) is -0.873. The Morgan fingerprint density at radius 2 is 1.76 bits per heavy atom. The Bertz CT molecular complexity index is 1350. The minimum absolute atomic E-state index is 0.0724. The van der Waals surface area contributed by atoms with E-state index in [-0.39, 0.29) is 22.2 Å². The van der Waals surface area contributed by atoms with Crippen LogP contribution in [-0.4, -0.2) is 23.9 Å². The molecule has 0 bridgehead atoms. The van der Waals surface area contributed by atoms with E-state index in [0.717, 1.165) is 23.4 Å². The van der Waals surface area contributed by atoms with Gasteiger partial charge in [0.15, 0.2) is 0 Å². The molecule has 33 heavy (non-hydrogen) atoms. The molecule has 1 amide bonds. The number of hydrogen-bond acceptors (Lipinski definition) is 4. The molecule has 0 radical (unpaired) electrons. The highest BCUT2D eigenvalue weighted by Crippen LogP contribution is 2.19. The molecule has 2 N–H and O–H groups in total. The predicted molar refractivity (Wildman–Crippen MR) is 123 cm³/mol. The van der Waals surface area contributed by atoms with Gasteiger partial charge in [-0.3, -0.25) is 9.52 Å². The number of halogens is 1. The van der Waals surface area contributed by atoms with E-state index in [2.05, 4.69) is 15.0 Å². The highest BCUT2D eigenvalue weighted by atomic mass is 32.2. The molecule has 1 aromatic heterocycles. The van der Waals surface area contributed by atoms with Crippen LogP contribution in [0.15, 0.2) is 96.4 Å². The summed E-state index contributed by atoms with van der Waals surface area (Å²) in [6, 6.07) is 18.1. The van der Waals surface area contributed by atoms with Crippen LogP contribution in [0.4, 0.5) is 10.1 Å². The molecular formula is C24H21FN4O3S. The first-order valence-electron chi connectivity index (χ1n) is 10.1. The van der Waals surface area contributed by atoms with Gasteiger partial charge in [0.05, 0.1) is 17.3 Å². The number of hydrogen-bond donors (Lipinski definition) is 2. The van der Waals surface area contributed by atoms with Gasteiger partial charge >= 0.3 is 0 Å². The van der Waals surface area contributed by atoms with Crippen LogP contribution >= 0.6 is 0 Å². The zero-order valence-electron chi connectivity index (χ0n) is 17.6. The van der Waals surface area contributed by atoms with Gasteiger partial charge in [-0.15, -0.1) is 0 Å². The topological polar surface area (TPSA) is 93.1 Å². The third kappa shape index (κ3) is 5.27. The zero-order valence-corrected chi connectivity index (χ0v) is 18.5. The summed E-state index contributed by atoms with van der Waals surface area (Å²) in [5, 5.41) is 2.89. The van der Waals surface area contributed by atoms with Crippen LogP contribution in [0.2, 0.25) is 0 Å². The van der Waals surface area contributed by atoms with E-state index in [1.54, 1.807) is 18.6 Å². The maximum absolute atomic E-state index is 13.1. The summed E-state index contributed by atoms with van der Waals surface area (Å²) in [4.78, 5) is 16.7. The van der Waals surface area contributed by atoms with Crippen LogP contribution in [0, 0.1) is 5.82 Å². The van der Waals surface area contributed by atoms with Gasteiger partial charge in [0.2, 0.25) is 0 Å². The second-order valence-corrected chi connectivity index (χ2v) is 9.08. The predicted octanol–water partition coefficient (Wildman–Crippen LogP) is 4.30. The number of nitrogens with one attached hydrogen (secondary N) is 2. The van der Waals surface area contributed by atoms with Crippen molar-refractivity contribution in [1.29, 1.82) is 0 Å². The molecule has 7 nitrogen and oxygen atoms in total. The Hall–Kier alpha value is -3.98. The minimum Gasteiger partial charge on any atom is -0.346 e. The molecule has 4 rings (SSSR count). The van der Waals surface area contributed by atoms with E-state index in [1.165, 1.54) is 30.3 Å². The smallest absolute Gasteiger partial charge is 0.261 e. The molecule has 0 saturated heterocycles. The number of sulfonamides is 1. The first-order valence-corrected chi connectivity index (χ1v) is 11.6. The van der Waals surface area contributed by atoms with E-state index in [1.807, 2.05) is 42.0 Å². The molecule has 168 valence electrons. The van der Waals surface area contributed by atoms with Gasteiger partial charge < -0.3 is 9.88 Å². The third-order valence-corrected chi connectivity index (χ3v) is 6.43. The number of carbonyl (C=O) groups excluding carboxylic acids is 1. The van der Waals surface area contributed by atoms with Gasteiger partial charge in [-0.1, -0.05) is 18.2 Å². The molecule has 4 aromatic rings. The van der Waals surface area contributed by atoms with Gasteiger partial charge in [-0.05, 0) is 67.1 Å². The van der Waals surface area contributed by atoms with Gasteiger partial charge in [0.1, 0.15) is 5.82 Å². The van der Waals surface area contributed by atoms with Crippen molar-refractivity contribution in [3.05, 3.63) is 108 Å². The summed E-state index contributed by atoms with van der Waals surface area (Å²) in [7, 11) is -3.95. The Kier molecular flexibility index (Phi) is 6.23. The molecular weight excluding hydrogens is 443 g/mol.